The van der Waals surface area contributed by atoms with E-state index in [1.807, 2.05) is 12.1 Å². The molecule has 1 heterocycles. The summed E-state index contributed by atoms with van der Waals surface area (Å²) in [5.74, 6) is 0.780. The molecule has 1 aliphatic heterocycles. The van der Waals surface area contributed by atoms with E-state index < -0.39 is 0 Å². The average molecular weight is 363 g/mol. The number of benzene rings is 2. The second-order valence-corrected chi connectivity index (χ2v) is 7.34. The molecule has 2 aromatic rings. The molecular weight excluding hydrogens is 337 g/mol. The Morgan fingerprint density at radius 2 is 1.89 bits per heavy atom. The van der Waals surface area contributed by atoms with Crippen molar-refractivity contribution in [1.29, 1.82) is 0 Å². The lowest BCUT2D eigenvalue weighted by Crippen LogP contribution is -2.31. The Labute approximate surface area is 161 Å². The zero-order valence-electron chi connectivity index (χ0n) is 15.9. The van der Waals surface area contributed by atoms with Gasteiger partial charge in [-0.15, -0.1) is 0 Å². The van der Waals surface area contributed by atoms with E-state index in [9.17, 15) is 4.39 Å². The SMILES string of the molecule is COc1ccc2c(c1)CCC=C2C1=CCN(CCc2ccc(F)cc2)CC1. The summed E-state index contributed by atoms with van der Waals surface area (Å²) in [6.45, 7) is 3.08. The molecule has 0 fully saturated rings. The molecule has 27 heavy (non-hydrogen) atoms. The Morgan fingerprint density at radius 1 is 1.04 bits per heavy atom. The van der Waals surface area contributed by atoms with Crippen LogP contribution in [0.25, 0.3) is 5.57 Å². The van der Waals surface area contributed by atoms with Crippen molar-refractivity contribution in [2.75, 3.05) is 26.7 Å². The topological polar surface area (TPSA) is 12.5 Å². The fraction of sp³-hybridized carbons (Fsp3) is 0.333. The number of methoxy groups -OCH3 is 1. The monoisotopic (exact) mass is 363 g/mol. The highest BCUT2D eigenvalue weighted by molar-refractivity contribution is 5.82. The van der Waals surface area contributed by atoms with Crippen LogP contribution in [0.1, 0.15) is 29.5 Å². The van der Waals surface area contributed by atoms with Gasteiger partial charge in [-0.25, -0.2) is 4.39 Å². The van der Waals surface area contributed by atoms with E-state index in [0.29, 0.717) is 0 Å². The van der Waals surface area contributed by atoms with Gasteiger partial charge in [0.25, 0.3) is 0 Å². The van der Waals surface area contributed by atoms with Crippen LogP contribution >= 0.6 is 0 Å². The van der Waals surface area contributed by atoms with Crippen molar-refractivity contribution < 1.29 is 9.13 Å². The van der Waals surface area contributed by atoms with E-state index in [2.05, 4.69) is 35.3 Å². The molecule has 1 aliphatic carbocycles. The normalized spacial score (nSPS) is 17.1. The third-order valence-corrected chi connectivity index (χ3v) is 5.63. The minimum absolute atomic E-state index is 0.164. The number of aryl methyl sites for hydroxylation is 1. The maximum Gasteiger partial charge on any atom is 0.123 e. The van der Waals surface area contributed by atoms with E-state index in [1.165, 1.54) is 27.8 Å². The van der Waals surface area contributed by atoms with Crippen molar-refractivity contribution in [1.82, 2.24) is 4.90 Å². The van der Waals surface area contributed by atoms with E-state index in [0.717, 1.165) is 51.1 Å². The molecule has 0 amide bonds. The zero-order chi connectivity index (χ0) is 18.6. The first-order valence-corrected chi connectivity index (χ1v) is 9.76. The van der Waals surface area contributed by atoms with E-state index >= 15 is 0 Å². The average Bonchev–Trinajstić information content (AvgIpc) is 2.73. The molecule has 0 unspecified atom stereocenters. The highest BCUT2D eigenvalue weighted by atomic mass is 19.1. The number of hydrogen-bond acceptors (Lipinski definition) is 2. The van der Waals surface area contributed by atoms with E-state index in [1.54, 1.807) is 19.2 Å². The highest BCUT2D eigenvalue weighted by Crippen LogP contribution is 2.36. The third-order valence-electron chi connectivity index (χ3n) is 5.63. The number of fused-ring (bicyclic) bond motifs is 1. The van der Waals surface area contributed by atoms with Gasteiger partial charge in [-0.3, -0.25) is 4.90 Å². The molecule has 0 spiro atoms. The van der Waals surface area contributed by atoms with Gasteiger partial charge in [0, 0.05) is 19.6 Å². The predicted octanol–water partition coefficient (Wildman–Crippen LogP) is 5.04. The summed E-state index contributed by atoms with van der Waals surface area (Å²) in [5, 5.41) is 0. The Hall–Kier alpha value is -2.39. The minimum Gasteiger partial charge on any atom is -0.497 e. The van der Waals surface area contributed by atoms with Crippen molar-refractivity contribution in [3.8, 4) is 5.75 Å². The first kappa shape index (κ1) is 18.0. The molecule has 2 nitrogen and oxygen atoms in total. The Bertz CT molecular complexity index is 866. The highest BCUT2D eigenvalue weighted by Gasteiger charge is 2.20. The van der Waals surface area contributed by atoms with Gasteiger partial charge in [0.2, 0.25) is 0 Å². The van der Waals surface area contributed by atoms with Crippen LogP contribution in [-0.2, 0) is 12.8 Å². The van der Waals surface area contributed by atoms with Gasteiger partial charge in [-0.1, -0.05) is 30.4 Å². The second-order valence-electron chi connectivity index (χ2n) is 7.34. The molecule has 0 N–H and O–H groups in total. The molecule has 0 atom stereocenters. The summed E-state index contributed by atoms with van der Waals surface area (Å²) < 4.78 is 18.4. The molecule has 2 aromatic carbocycles. The largest absolute Gasteiger partial charge is 0.497 e. The summed E-state index contributed by atoms with van der Waals surface area (Å²) in [6, 6.07) is 13.3. The quantitative estimate of drug-likeness (QED) is 0.738. The predicted molar refractivity (Wildman–Crippen MR) is 109 cm³/mol. The fourth-order valence-electron chi connectivity index (χ4n) is 4.05. The van der Waals surface area contributed by atoms with Crippen LogP contribution in [0.2, 0.25) is 0 Å². The van der Waals surface area contributed by atoms with E-state index in [-0.39, 0.29) is 5.82 Å². The van der Waals surface area contributed by atoms with Crippen LogP contribution in [0.5, 0.6) is 5.75 Å². The van der Waals surface area contributed by atoms with Crippen LogP contribution in [-0.4, -0.2) is 31.6 Å². The van der Waals surface area contributed by atoms with Crippen molar-refractivity contribution in [3.63, 3.8) is 0 Å². The Kier molecular flexibility index (Phi) is 5.40. The van der Waals surface area contributed by atoms with Crippen molar-refractivity contribution in [2.24, 2.45) is 0 Å². The molecule has 2 aliphatic rings. The lowest BCUT2D eigenvalue weighted by atomic mass is 9.84. The molecule has 140 valence electrons. The Morgan fingerprint density at radius 3 is 2.63 bits per heavy atom. The third kappa shape index (κ3) is 4.14. The van der Waals surface area contributed by atoms with Crippen LogP contribution in [0.15, 0.2) is 60.2 Å². The minimum atomic E-state index is -0.164. The number of hydrogen-bond donors (Lipinski definition) is 0. The summed E-state index contributed by atoms with van der Waals surface area (Å²) in [5.41, 5.74) is 6.85. The summed E-state index contributed by atoms with van der Waals surface area (Å²) in [6.07, 6.45) is 9.03. The van der Waals surface area contributed by atoms with Crippen LogP contribution < -0.4 is 4.74 Å². The van der Waals surface area contributed by atoms with Gasteiger partial charge in [-0.05, 0) is 77.8 Å². The van der Waals surface area contributed by atoms with Crippen LogP contribution in [0.3, 0.4) is 0 Å². The fourth-order valence-corrected chi connectivity index (χ4v) is 4.05. The van der Waals surface area contributed by atoms with Gasteiger partial charge >= 0.3 is 0 Å². The molecule has 4 rings (SSSR count). The van der Waals surface area contributed by atoms with Crippen LogP contribution in [0, 0.1) is 5.82 Å². The van der Waals surface area contributed by atoms with Gasteiger partial charge in [-0.2, -0.15) is 0 Å². The summed E-state index contributed by atoms with van der Waals surface area (Å²) in [4.78, 5) is 2.48. The number of halogens is 1. The molecular formula is C24H26FNO. The standard InChI is InChI=1S/C24H26FNO/c1-27-22-9-10-24-20(17-22)3-2-4-23(24)19-12-15-26(16-13-19)14-11-18-5-7-21(25)8-6-18/h4-10,12,17H,2-3,11,13-16H2,1H3. The van der Waals surface area contributed by atoms with Crippen molar-refractivity contribution in [3.05, 3.63) is 82.7 Å². The Balaban J connectivity index is 1.40. The molecule has 0 bridgehead atoms. The van der Waals surface area contributed by atoms with Gasteiger partial charge in [0.1, 0.15) is 11.6 Å². The van der Waals surface area contributed by atoms with Gasteiger partial charge in [0.05, 0.1) is 7.11 Å². The van der Waals surface area contributed by atoms with E-state index in [4.69, 9.17) is 4.74 Å². The number of rotatable bonds is 5. The molecule has 3 heteroatoms. The van der Waals surface area contributed by atoms with Crippen LogP contribution in [0.4, 0.5) is 4.39 Å². The lowest BCUT2D eigenvalue weighted by Gasteiger charge is -2.29. The van der Waals surface area contributed by atoms with Gasteiger partial charge < -0.3 is 4.74 Å². The molecule has 0 saturated heterocycles. The first-order valence-electron chi connectivity index (χ1n) is 9.76. The number of ether oxygens (including phenoxy) is 1. The lowest BCUT2D eigenvalue weighted by molar-refractivity contribution is 0.299. The summed E-state index contributed by atoms with van der Waals surface area (Å²) in [7, 11) is 1.73. The first-order chi connectivity index (χ1) is 13.2. The number of nitrogens with zero attached hydrogens (tertiary/aromatic N) is 1. The number of allylic oxidation sites excluding steroid dienone is 2. The second kappa shape index (κ2) is 8.10. The van der Waals surface area contributed by atoms with Crippen molar-refractivity contribution >= 4 is 5.57 Å². The molecule has 0 aromatic heterocycles. The molecule has 0 saturated carbocycles. The maximum atomic E-state index is 13.0. The smallest absolute Gasteiger partial charge is 0.123 e. The maximum absolute atomic E-state index is 13.0. The summed E-state index contributed by atoms with van der Waals surface area (Å²) >= 11 is 0. The van der Waals surface area contributed by atoms with Crippen molar-refractivity contribution in [2.45, 2.75) is 25.7 Å². The zero-order valence-corrected chi connectivity index (χ0v) is 15.9. The van der Waals surface area contributed by atoms with Gasteiger partial charge in [0.15, 0.2) is 0 Å². The molecule has 0 radical (unpaired) electrons.